The minimum absolute atomic E-state index is 0.141. The van der Waals surface area contributed by atoms with Crippen LogP contribution in [-0.2, 0) is 0 Å². The minimum atomic E-state index is -0.625. The van der Waals surface area contributed by atoms with E-state index in [4.69, 9.17) is 4.74 Å². The fourth-order valence-corrected chi connectivity index (χ4v) is 2.76. The first-order valence-corrected chi connectivity index (χ1v) is 6.86. The lowest BCUT2D eigenvalue weighted by Crippen LogP contribution is -2.18. The van der Waals surface area contributed by atoms with Crippen LogP contribution in [0.5, 0.6) is 11.5 Å². The molecule has 0 spiro atoms. The maximum absolute atomic E-state index is 10.2. The van der Waals surface area contributed by atoms with E-state index in [1.54, 1.807) is 18.2 Å². The van der Waals surface area contributed by atoms with Gasteiger partial charge in [0.25, 0.3) is 0 Å². The van der Waals surface area contributed by atoms with Gasteiger partial charge in [-0.15, -0.1) is 0 Å². The van der Waals surface area contributed by atoms with E-state index in [1.165, 1.54) is 0 Å². The second-order valence-electron chi connectivity index (χ2n) is 4.64. The molecular weight excluding hydrogens is 308 g/mol. The zero-order chi connectivity index (χ0) is 13.4. The van der Waals surface area contributed by atoms with Gasteiger partial charge in [0.1, 0.15) is 17.6 Å². The summed E-state index contributed by atoms with van der Waals surface area (Å²) in [6, 6.07) is 12.7. The van der Waals surface area contributed by atoms with Gasteiger partial charge in [-0.2, -0.15) is 0 Å². The van der Waals surface area contributed by atoms with Crippen LogP contribution in [-0.4, -0.2) is 10.2 Å². The lowest BCUT2D eigenvalue weighted by Gasteiger charge is -2.30. The van der Waals surface area contributed by atoms with Crippen molar-refractivity contribution in [3.05, 3.63) is 58.1 Å². The van der Waals surface area contributed by atoms with Gasteiger partial charge in [-0.3, -0.25) is 0 Å². The van der Waals surface area contributed by atoms with E-state index >= 15 is 0 Å². The van der Waals surface area contributed by atoms with Crippen molar-refractivity contribution >= 4 is 15.9 Å². The number of ether oxygens (including phenoxy) is 1. The van der Waals surface area contributed by atoms with Crippen LogP contribution in [0.15, 0.2) is 46.9 Å². The number of phenolic OH excluding ortho intramolecular Hbond substituents is 1. The second-order valence-corrected chi connectivity index (χ2v) is 5.55. The molecular formula is C15H13BrO3. The molecule has 0 saturated heterocycles. The summed E-state index contributed by atoms with van der Waals surface area (Å²) >= 11 is 3.43. The van der Waals surface area contributed by atoms with Crippen LogP contribution >= 0.6 is 15.9 Å². The van der Waals surface area contributed by atoms with Crippen molar-refractivity contribution in [2.45, 2.75) is 18.6 Å². The number of halogens is 1. The molecule has 1 aliphatic rings. The Bertz CT molecular complexity index is 612. The Morgan fingerprint density at radius 3 is 2.79 bits per heavy atom. The van der Waals surface area contributed by atoms with Gasteiger partial charge < -0.3 is 14.9 Å². The van der Waals surface area contributed by atoms with Gasteiger partial charge in [-0.1, -0.05) is 28.1 Å². The topological polar surface area (TPSA) is 49.7 Å². The van der Waals surface area contributed by atoms with Crippen LogP contribution in [0.3, 0.4) is 0 Å². The smallest absolute Gasteiger partial charge is 0.127 e. The average molecular weight is 321 g/mol. The van der Waals surface area contributed by atoms with Crippen molar-refractivity contribution in [2.24, 2.45) is 0 Å². The molecule has 19 heavy (non-hydrogen) atoms. The molecule has 1 aliphatic heterocycles. The molecule has 0 radical (unpaired) electrons. The van der Waals surface area contributed by atoms with Crippen LogP contribution in [0.1, 0.15) is 29.8 Å². The molecule has 3 nitrogen and oxygen atoms in total. The molecule has 1 heterocycles. The van der Waals surface area contributed by atoms with Crippen molar-refractivity contribution in [1.82, 2.24) is 0 Å². The number of hydrogen-bond donors (Lipinski definition) is 2. The molecule has 0 bridgehead atoms. The number of hydrogen-bond acceptors (Lipinski definition) is 3. The molecule has 98 valence electrons. The number of benzene rings is 2. The van der Waals surface area contributed by atoms with Gasteiger partial charge in [-0.05, 0) is 35.9 Å². The second kappa shape index (κ2) is 4.87. The molecule has 0 amide bonds. The van der Waals surface area contributed by atoms with Crippen LogP contribution < -0.4 is 4.74 Å². The lowest BCUT2D eigenvalue weighted by atomic mass is 9.95. The van der Waals surface area contributed by atoms with Crippen molar-refractivity contribution in [1.29, 1.82) is 0 Å². The Balaban J connectivity index is 1.95. The third kappa shape index (κ3) is 2.46. The summed E-state index contributed by atoms with van der Waals surface area (Å²) in [5.41, 5.74) is 1.67. The van der Waals surface area contributed by atoms with Crippen LogP contribution in [0, 0.1) is 0 Å². The molecule has 0 saturated carbocycles. The van der Waals surface area contributed by atoms with E-state index in [0.29, 0.717) is 17.7 Å². The van der Waals surface area contributed by atoms with E-state index < -0.39 is 6.10 Å². The monoisotopic (exact) mass is 320 g/mol. The summed E-state index contributed by atoms with van der Waals surface area (Å²) in [6.07, 6.45) is -0.322. The molecule has 4 heteroatoms. The lowest BCUT2D eigenvalue weighted by molar-refractivity contribution is 0.0654. The molecule has 0 aliphatic carbocycles. The van der Waals surface area contributed by atoms with Gasteiger partial charge in [0.05, 0.1) is 6.10 Å². The summed E-state index contributed by atoms with van der Waals surface area (Å²) in [5, 5.41) is 19.6. The van der Waals surface area contributed by atoms with Gasteiger partial charge in [0.15, 0.2) is 0 Å². The Kier molecular flexibility index (Phi) is 3.21. The first-order chi connectivity index (χ1) is 9.13. The van der Waals surface area contributed by atoms with Crippen molar-refractivity contribution < 1.29 is 14.9 Å². The maximum atomic E-state index is 10.2. The Labute approximate surface area is 119 Å². The van der Waals surface area contributed by atoms with E-state index in [9.17, 15) is 10.2 Å². The predicted molar refractivity (Wildman–Crippen MR) is 75.2 cm³/mol. The largest absolute Gasteiger partial charge is 0.508 e. The van der Waals surface area contributed by atoms with E-state index in [0.717, 1.165) is 10.0 Å². The normalized spacial score (nSPS) is 21.6. The summed E-state index contributed by atoms with van der Waals surface area (Å²) in [7, 11) is 0. The fourth-order valence-electron chi connectivity index (χ4n) is 2.35. The highest BCUT2D eigenvalue weighted by Crippen LogP contribution is 2.42. The fraction of sp³-hybridized carbons (Fsp3) is 0.200. The Morgan fingerprint density at radius 1 is 1.16 bits per heavy atom. The number of rotatable bonds is 1. The van der Waals surface area contributed by atoms with Crippen LogP contribution in [0.25, 0.3) is 0 Å². The maximum Gasteiger partial charge on any atom is 0.127 e. The highest BCUT2D eigenvalue weighted by atomic mass is 79.9. The quantitative estimate of drug-likeness (QED) is 0.842. The van der Waals surface area contributed by atoms with E-state index in [1.807, 2.05) is 24.3 Å². The first-order valence-electron chi connectivity index (χ1n) is 6.06. The molecule has 2 aromatic carbocycles. The zero-order valence-electron chi connectivity index (χ0n) is 10.1. The number of aromatic hydroxyl groups is 1. The first kappa shape index (κ1) is 12.5. The average Bonchev–Trinajstić information content (AvgIpc) is 2.39. The predicted octanol–water partition coefficient (Wildman–Crippen LogP) is 3.71. The minimum Gasteiger partial charge on any atom is -0.508 e. The summed E-state index contributed by atoms with van der Waals surface area (Å²) in [5.74, 6) is 0.767. The molecule has 2 atom stereocenters. The van der Waals surface area contributed by atoms with Crippen LogP contribution in [0.2, 0.25) is 0 Å². The zero-order valence-corrected chi connectivity index (χ0v) is 11.7. The van der Waals surface area contributed by atoms with Gasteiger partial charge in [0.2, 0.25) is 0 Å². The number of fused-ring (bicyclic) bond motifs is 1. The Morgan fingerprint density at radius 2 is 2.00 bits per heavy atom. The molecule has 0 aromatic heterocycles. The van der Waals surface area contributed by atoms with Crippen LogP contribution in [0.4, 0.5) is 0 Å². The van der Waals surface area contributed by atoms with E-state index in [-0.39, 0.29) is 11.9 Å². The third-order valence-corrected chi connectivity index (χ3v) is 3.77. The molecule has 2 N–H and O–H groups in total. The number of phenols is 1. The van der Waals surface area contributed by atoms with E-state index in [2.05, 4.69) is 15.9 Å². The van der Waals surface area contributed by atoms with Gasteiger partial charge in [0, 0.05) is 16.5 Å². The summed E-state index contributed by atoms with van der Waals surface area (Å²) in [6.45, 7) is 0. The highest BCUT2D eigenvalue weighted by molar-refractivity contribution is 9.10. The highest BCUT2D eigenvalue weighted by Gasteiger charge is 2.28. The molecule has 3 rings (SSSR count). The van der Waals surface area contributed by atoms with Gasteiger partial charge >= 0.3 is 0 Å². The third-order valence-electron chi connectivity index (χ3n) is 3.28. The molecule has 2 aromatic rings. The van der Waals surface area contributed by atoms with Gasteiger partial charge in [-0.25, -0.2) is 0 Å². The van der Waals surface area contributed by atoms with Crippen molar-refractivity contribution in [3.8, 4) is 11.5 Å². The van der Waals surface area contributed by atoms with Crippen molar-refractivity contribution in [3.63, 3.8) is 0 Å². The summed E-state index contributed by atoms with van der Waals surface area (Å²) < 4.78 is 6.89. The molecule has 2 unspecified atom stereocenters. The number of aliphatic hydroxyl groups excluding tert-OH is 1. The molecule has 0 fully saturated rings. The number of aliphatic hydroxyl groups is 1. The Hall–Kier alpha value is -1.52. The van der Waals surface area contributed by atoms with Crippen molar-refractivity contribution in [2.75, 3.05) is 0 Å². The summed E-state index contributed by atoms with van der Waals surface area (Å²) in [4.78, 5) is 0. The standard InChI is InChI=1S/C15H13BrO3/c16-10-3-1-2-9(6-10)15-8-13(18)12-7-11(17)4-5-14(12)19-15/h1-7,13,15,17-18H,8H2. The SMILES string of the molecule is Oc1ccc2c(c1)C(O)CC(c1cccc(Br)c1)O2.